The second-order valence-electron chi connectivity index (χ2n) is 7.82. The Morgan fingerprint density at radius 3 is 2.47 bits per heavy atom. The average molecular weight is 488 g/mol. The lowest BCUT2D eigenvalue weighted by Crippen LogP contribution is -2.41. The highest BCUT2D eigenvalue weighted by molar-refractivity contribution is 7.99. The van der Waals surface area contributed by atoms with E-state index in [4.69, 9.17) is 0 Å². The van der Waals surface area contributed by atoms with E-state index in [0.717, 1.165) is 36.6 Å². The van der Waals surface area contributed by atoms with E-state index >= 15 is 0 Å². The van der Waals surface area contributed by atoms with Crippen LogP contribution in [0.25, 0.3) is 21.1 Å². The van der Waals surface area contributed by atoms with Crippen LogP contribution in [0.3, 0.4) is 0 Å². The minimum atomic E-state index is -0.403. The number of para-hydroxylation sites is 1. The fourth-order valence-corrected chi connectivity index (χ4v) is 5.98. The number of nitrogens with zero attached hydrogens (tertiary/aromatic N) is 3. The Morgan fingerprint density at radius 1 is 0.941 bits per heavy atom. The van der Waals surface area contributed by atoms with Gasteiger partial charge in [0.2, 0.25) is 0 Å². The van der Waals surface area contributed by atoms with E-state index in [-0.39, 0.29) is 5.91 Å². The molecule has 9 heteroatoms. The number of hydrogen-bond acceptors (Lipinski definition) is 6. The largest absolute Gasteiger partial charge is 0.350 e. The van der Waals surface area contributed by atoms with Gasteiger partial charge in [-0.15, -0.1) is 11.3 Å². The van der Waals surface area contributed by atoms with Gasteiger partial charge in [-0.2, -0.15) is 0 Å². The molecule has 0 atom stereocenters. The number of rotatable bonds is 4. The summed E-state index contributed by atoms with van der Waals surface area (Å²) in [5.74, 6) is -0.780. The van der Waals surface area contributed by atoms with Gasteiger partial charge in [0, 0.05) is 39.3 Å². The van der Waals surface area contributed by atoms with Crippen molar-refractivity contribution < 1.29 is 9.59 Å². The zero-order valence-electron chi connectivity index (χ0n) is 18.7. The summed E-state index contributed by atoms with van der Waals surface area (Å²) >= 11 is 3.05. The first kappa shape index (κ1) is 22.1. The molecule has 5 aromatic rings. The predicted molar refractivity (Wildman–Crippen MR) is 135 cm³/mol. The third kappa shape index (κ3) is 3.93. The number of hydrazine groups is 1. The lowest BCUT2D eigenvalue weighted by molar-refractivity contribution is 0.0846. The first-order valence-corrected chi connectivity index (χ1v) is 12.2. The minimum Gasteiger partial charge on any atom is -0.350 e. The molecule has 5 rings (SSSR count). The number of benzene rings is 2. The minimum absolute atomic E-state index is 0.378. The Labute approximate surface area is 204 Å². The molecule has 3 aromatic heterocycles. The first-order chi connectivity index (χ1) is 16.4. The summed E-state index contributed by atoms with van der Waals surface area (Å²) in [6, 6.07) is 14.9. The Balaban J connectivity index is 1.37. The monoisotopic (exact) mass is 487 g/mol. The molecule has 170 valence electrons. The van der Waals surface area contributed by atoms with Crippen LogP contribution in [-0.4, -0.2) is 26.3 Å². The van der Waals surface area contributed by atoms with E-state index in [2.05, 4.69) is 34.7 Å². The molecule has 0 aliphatic carbocycles. The summed E-state index contributed by atoms with van der Waals surface area (Å²) in [7, 11) is 1.88. The lowest BCUT2D eigenvalue weighted by atomic mass is 10.2. The fourth-order valence-electron chi connectivity index (χ4n) is 3.85. The van der Waals surface area contributed by atoms with Crippen LogP contribution in [0.4, 0.5) is 0 Å². The van der Waals surface area contributed by atoms with Gasteiger partial charge in [0.05, 0.1) is 11.1 Å². The van der Waals surface area contributed by atoms with E-state index in [1.54, 1.807) is 36.0 Å². The molecule has 3 heterocycles. The molecule has 7 nitrogen and oxygen atoms in total. The van der Waals surface area contributed by atoms with Crippen molar-refractivity contribution in [3.05, 3.63) is 82.6 Å². The summed E-state index contributed by atoms with van der Waals surface area (Å²) < 4.78 is 1.88. The van der Waals surface area contributed by atoms with Gasteiger partial charge in [0.25, 0.3) is 11.8 Å². The van der Waals surface area contributed by atoms with Gasteiger partial charge in [-0.25, -0.2) is 9.97 Å². The number of nitrogens with one attached hydrogen (secondary N) is 2. The van der Waals surface area contributed by atoms with E-state index < -0.39 is 5.91 Å². The molecule has 0 aliphatic rings. The molecular formula is C25H21N5O2S2. The number of fused-ring (bicyclic) bond motifs is 2. The third-order valence-electron chi connectivity index (χ3n) is 5.70. The second kappa shape index (κ2) is 8.92. The van der Waals surface area contributed by atoms with Crippen LogP contribution in [0.15, 0.2) is 71.0 Å². The quantitative estimate of drug-likeness (QED) is 0.274. The average Bonchev–Trinajstić information content (AvgIpc) is 3.34. The zero-order chi connectivity index (χ0) is 23.8. The highest BCUT2D eigenvalue weighted by atomic mass is 32.2. The van der Waals surface area contributed by atoms with Gasteiger partial charge < -0.3 is 4.57 Å². The van der Waals surface area contributed by atoms with Crippen molar-refractivity contribution >= 4 is 56.0 Å². The summed E-state index contributed by atoms with van der Waals surface area (Å²) in [6.45, 7) is 4.12. The maximum absolute atomic E-state index is 13.0. The molecule has 0 spiro atoms. The normalized spacial score (nSPS) is 11.1. The van der Waals surface area contributed by atoms with E-state index in [1.165, 1.54) is 16.6 Å². The molecule has 2 amide bonds. The molecule has 0 unspecified atom stereocenters. The van der Waals surface area contributed by atoms with E-state index in [9.17, 15) is 9.59 Å². The Kier molecular flexibility index (Phi) is 5.80. The Morgan fingerprint density at radius 2 is 1.65 bits per heavy atom. The van der Waals surface area contributed by atoms with Gasteiger partial charge in [-0.3, -0.25) is 20.4 Å². The van der Waals surface area contributed by atoms with Crippen molar-refractivity contribution in [2.75, 3.05) is 0 Å². The SMILES string of the molecule is Cc1sc2ncnc(Sc3ccccc3C(=O)NNC(=O)c3cn(C)c4ccccc34)c2c1C. The fraction of sp³-hybridized carbons (Fsp3) is 0.120. The molecule has 2 N–H and O–H groups in total. The smallest absolute Gasteiger partial charge is 0.271 e. The van der Waals surface area contributed by atoms with Crippen LogP contribution in [0.1, 0.15) is 31.2 Å². The van der Waals surface area contributed by atoms with Crippen LogP contribution in [-0.2, 0) is 7.05 Å². The molecule has 0 saturated carbocycles. The number of carbonyl (C=O) groups is 2. The predicted octanol–water partition coefficient (Wildman–Crippen LogP) is 5.03. The van der Waals surface area contributed by atoms with Crippen LogP contribution in [0.5, 0.6) is 0 Å². The van der Waals surface area contributed by atoms with Gasteiger partial charge >= 0.3 is 0 Å². The topological polar surface area (TPSA) is 88.9 Å². The van der Waals surface area contributed by atoms with Crippen molar-refractivity contribution in [1.82, 2.24) is 25.4 Å². The van der Waals surface area contributed by atoms with Gasteiger partial charge in [0.15, 0.2) is 0 Å². The molecule has 0 radical (unpaired) electrons. The number of hydrogen-bond donors (Lipinski definition) is 2. The Bertz CT molecular complexity index is 1570. The maximum Gasteiger partial charge on any atom is 0.271 e. The van der Waals surface area contributed by atoms with Crippen molar-refractivity contribution in [2.45, 2.75) is 23.8 Å². The second-order valence-corrected chi connectivity index (χ2v) is 10.1. The summed E-state index contributed by atoms with van der Waals surface area (Å²) in [5, 5.41) is 2.63. The molecule has 0 aliphatic heterocycles. The number of amides is 2. The highest BCUT2D eigenvalue weighted by Crippen LogP contribution is 2.38. The van der Waals surface area contributed by atoms with Gasteiger partial charge in [-0.1, -0.05) is 42.1 Å². The van der Waals surface area contributed by atoms with E-state index in [0.29, 0.717) is 11.1 Å². The first-order valence-electron chi connectivity index (χ1n) is 10.6. The number of aryl methyl sites for hydroxylation is 3. The van der Waals surface area contributed by atoms with Crippen molar-refractivity contribution in [2.24, 2.45) is 7.05 Å². The molecular weight excluding hydrogens is 466 g/mol. The van der Waals surface area contributed by atoms with Crippen molar-refractivity contribution in [3.63, 3.8) is 0 Å². The van der Waals surface area contributed by atoms with Gasteiger partial charge in [-0.05, 0) is 37.6 Å². The molecule has 0 bridgehead atoms. The standard InChI is InChI=1S/C25H21N5O2S2/c1-14-15(2)33-24-21(14)25(27-13-26-24)34-20-11-7-5-9-17(20)22(31)28-29-23(32)18-12-30(3)19-10-6-4-8-16(18)19/h4-13H,1-3H3,(H,28,31)(H,29,32). The van der Waals surface area contributed by atoms with Gasteiger partial charge in [0.1, 0.15) is 16.2 Å². The van der Waals surface area contributed by atoms with Crippen molar-refractivity contribution in [3.8, 4) is 0 Å². The van der Waals surface area contributed by atoms with Crippen LogP contribution in [0.2, 0.25) is 0 Å². The van der Waals surface area contributed by atoms with E-state index in [1.807, 2.05) is 48.0 Å². The van der Waals surface area contributed by atoms with Crippen LogP contribution >= 0.6 is 23.1 Å². The Hall–Kier alpha value is -3.69. The molecule has 0 fully saturated rings. The zero-order valence-corrected chi connectivity index (χ0v) is 20.4. The number of thiophene rings is 1. The number of carbonyl (C=O) groups excluding carboxylic acids is 2. The molecule has 0 saturated heterocycles. The third-order valence-corrected chi connectivity index (χ3v) is 7.89. The molecule has 34 heavy (non-hydrogen) atoms. The number of aromatic nitrogens is 3. The highest BCUT2D eigenvalue weighted by Gasteiger charge is 2.19. The summed E-state index contributed by atoms with van der Waals surface area (Å²) in [5.41, 5.74) is 8.14. The lowest BCUT2D eigenvalue weighted by Gasteiger charge is -2.11. The molecule has 2 aromatic carbocycles. The van der Waals surface area contributed by atoms with Crippen LogP contribution in [0, 0.1) is 13.8 Å². The van der Waals surface area contributed by atoms with Crippen LogP contribution < -0.4 is 10.9 Å². The van der Waals surface area contributed by atoms with Crippen molar-refractivity contribution in [1.29, 1.82) is 0 Å². The maximum atomic E-state index is 13.0. The summed E-state index contributed by atoms with van der Waals surface area (Å²) in [4.78, 5) is 37.6. The summed E-state index contributed by atoms with van der Waals surface area (Å²) in [6.07, 6.45) is 3.30.